The molecule has 1 aliphatic heterocycles. The second-order valence-electron chi connectivity index (χ2n) is 20.9. The van der Waals surface area contributed by atoms with E-state index < -0.39 is 16.6 Å². The Bertz CT molecular complexity index is 1210. The molecule has 3 saturated carbocycles. The number of rotatable bonds is 12. The molecule has 50 heavy (non-hydrogen) atoms. The van der Waals surface area contributed by atoms with Gasteiger partial charge in [-0.25, -0.2) is 0 Å². The number of hydrogen-bond donors (Lipinski definition) is 0. The highest BCUT2D eigenvalue weighted by Gasteiger charge is 2.51. The van der Waals surface area contributed by atoms with Gasteiger partial charge in [0.25, 0.3) is 0 Å². The van der Waals surface area contributed by atoms with Gasteiger partial charge in [-0.3, -0.25) is 0 Å². The predicted molar refractivity (Wildman–Crippen MR) is 219 cm³/mol. The molecule has 3 aliphatic carbocycles. The zero-order chi connectivity index (χ0) is 37.3. The van der Waals surface area contributed by atoms with Crippen molar-refractivity contribution in [2.45, 2.75) is 213 Å². The summed E-state index contributed by atoms with van der Waals surface area (Å²) in [6, 6.07) is 0. The first kappa shape index (κ1) is 42.2. The second-order valence-corrected chi connectivity index (χ2v) is 30.4. The summed E-state index contributed by atoms with van der Waals surface area (Å²) in [5.41, 5.74) is 4.51. The van der Waals surface area contributed by atoms with Crippen molar-refractivity contribution >= 4 is 16.6 Å². The van der Waals surface area contributed by atoms with Crippen LogP contribution in [0.3, 0.4) is 0 Å². The topological polar surface area (TPSA) is 36.9 Å². The smallest absolute Gasteiger partial charge is 0.192 e. The van der Waals surface area contributed by atoms with Gasteiger partial charge in [-0.1, -0.05) is 92.5 Å². The fourth-order valence-corrected chi connectivity index (χ4v) is 11.9. The Morgan fingerprint density at radius 1 is 0.900 bits per heavy atom. The van der Waals surface area contributed by atoms with E-state index in [1.54, 1.807) is 5.57 Å². The number of hydrogen-bond acceptors (Lipinski definition) is 4. The van der Waals surface area contributed by atoms with Crippen LogP contribution < -0.4 is 0 Å². The van der Waals surface area contributed by atoms with Gasteiger partial charge < -0.3 is 18.3 Å². The molecule has 4 nitrogen and oxygen atoms in total. The van der Waals surface area contributed by atoms with Crippen LogP contribution in [0.4, 0.5) is 0 Å². The van der Waals surface area contributed by atoms with Crippen molar-refractivity contribution in [2.75, 3.05) is 6.61 Å². The van der Waals surface area contributed by atoms with Gasteiger partial charge in [0.15, 0.2) is 22.9 Å². The summed E-state index contributed by atoms with van der Waals surface area (Å²) in [5, 5.41) is 0.336. The van der Waals surface area contributed by atoms with E-state index in [1.165, 1.54) is 68.9 Å². The zero-order valence-corrected chi connectivity index (χ0v) is 37.4. The third-order valence-corrected chi connectivity index (χ3v) is 23.5. The van der Waals surface area contributed by atoms with Gasteiger partial charge in [-0.05, 0) is 149 Å². The van der Waals surface area contributed by atoms with Crippen molar-refractivity contribution in [3.63, 3.8) is 0 Å². The van der Waals surface area contributed by atoms with Crippen LogP contribution in [0.25, 0.3) is 0 Å². The van der Waals surface area contributed by atoms with E-state index in [0.29, 0.717) is 11.3 Å². The van der Waals surface area contributed by atoms with E-state index in [1.807, 2.05) is 0 Å². The van der Waals surface area contributed by atoms with Crippen molar-refractivity contribution < 1.29 is 18.3 Å². The van der Waals surface area contributed by atoms with Gasteiger partial charge in [0, 0.05) is 13.0 Å². The Morgan fingerprint density at radius 3 is 2.18 bits per heavy atom. The molecule has 1 heterocycles. The van der Waals surface area contributed by atoms with Crippen LogP contribution in [0.15, 0.2) is 35.5 Å². The van der Waals surface area contributed by atoms with E-state index in [4.69, 9.17) is 24.9 Å². The first-order chi connectivity index (χ1) is 23.0. The van der Waals surface area contributed by atoms with Crippen LogP contribution in [0.2, 0.25) is 36.3 Å². The quantitative estimate of drug-likeness (QED) is 0.188. The van der Waals surface area contributed by atoms with Crippen LogP contribution in [0.1, 0.15) is 153 Å². The summed E-state index contributed by atoms with van der Waals surface area (Å²) >= 11 is 0. The molecular formula is C44H80O4Si2. The Labute approximate surface area is 312 Å². The molecular weight excluding hydrogens is 649 g/mol. The number of fused-ring (bicyclic) bond motifs is 1. The van der Waals surface area contributed by atoms with Crippen LogP contribution in [-0.2, 0) is 18.3 Å². The Kier molecular flexibility index (Phi) is 13.6. The van der Waals surface area contributed by atoms with Gasteiger partial charge in [0.1, 0.15) is 0 Å². The summed E-state index contributed by atoms with van der Waals surface area (Å²) < 4.78 is 26.6. The molecule has 0 bridgehead atoms. The maximum Gasteiger partial charge on any atom is 0.192 e. The van der Waals surface area contributed by atoms with Gasteiger partial charge in [0.05, 0.1) is 17.8 Å². The molecule has 4 rings (SSSR count). The van der Waals surface area contributed by atoms with Crippen molar-refractivity contribution in [1.29, 1.82) is 0 Å². The first-order valence-corrected chi connectivity index (χ1v) is 26.5. The highest BCUT2D eigenvalue weighted by Crippen LogP contribution is 2.60. The third-order valence-electron chi connectivity index (χ3n) is 14.5. The fourth-order valence-electron chi connectivity index (χ4n) is 9.25. The standard InChI is InChI=1S/C44H80O4Si2/c1-32(20-18-27-43(9,10)46-40-22-16-17-29-45-40)37-25-26-38-34(21-19-28-44(37,38)11)23-24-35-30-36(47-49(12,13)41(3,4)5)31-39(33(35)2)48-50(14,15)42(6,7)8/h23-24,32,36-40H,2,16-22,25-31H2,1,3-15H3/b34-23+,35-24+/t32-,36+,37-,38+,39-,40+,44+/m1/s1. The van der Waals surface area contributed by atoms with Crippen LogP contribution in [-0.4, -0.2) is 47.3 Å². The monoisotopic (exact) mass is 729 g/mol. The lowest BCUT2D eigenvalue weighted by Gasteiger charge is -2.46. The summed E-state index contributed by atoms with van der Waals surface area (Å²) in [4.78, 5) is 0. The molecule has 0 N–H and O–H groups in total. The Balaban J connectivity index is 1.47. The SMILES string of the molecule is C=C1/C(=C/C=C2\CCC[C@@]3(C)[C@@H]([C@H](C)CCCC(C)(C)O[C@H]4CCCCO4)CC[C@@H]23)C[C@H](O[Si](C)(C)C(C)(C)C)C[C@H]1O[Si](C)(C)C(C)(C)C. The summed E-state index contributed by atoms with van der Waals surface area (Å²) in [7, 11) is -3.91. The molecule has 6 heteroatoms. The van der Waals surface area contributed by atoms with E-state index >= 15 is 0 Å². The maximum atomic E-state index is 7.12. The number of allylic oxidation sites excluding steroid dienone is 3. The Morgan fingerprint density at radius 2 is 1.56 bits per heavy atom. The Hall–Kier alpha value is -0.506. The molecule has 0 aromatic heterocycles. The lowest BCUT2D eigenvalue weighted by molar-refractivity contribution is -0.217. The first-order valence-electron chi connectivity index (χ1n) is 20.7. The molecule has 0 aromatic carbocycles. The largest absolute Gasteiger partial charge is 0.413 e. The molecule has 0 radical (unpaired) electrons. The number of ether oxygens (including phenoxy) is 2. The lowest BCUT2D eigenvalue weighted by Crippen LogP contribution is -2.49. The average Bonchev–Trinajstić information content (AvgIpc) is 3.34. The van der Waals surface area contributed by atoms with E-state index in [9.17, 15) is 0 Å². The average molecular weight is 729 g/mol. The molecule has 0 spiro atoms. The maximum absolute atomic E-state index is 7.12. The van der Waals surface area contributed by atoms with E-state index in [2.05, 4.69) is 108 Å². The van der Waals surface area contributed by atoms with Crippen molar-refractivity contribution in [2.24, 2.45) is 23.2 Å². The molecule has 0 unspecified atom stereocenters. The van der Waals surface area contributed by atoms with Gasteiger partial charge in [0.2, 0.25) is 0 Å². The minimum atomic E-state index is -1.98. The van der Waals surface area contributed by atoms with Gasteiger partial charge >= 0.3 is 0 Å². The minimum Gasteiger partial charge on any atom is -0.413 e. The van der Waals surface area contributed by atoms with Crippen molar-refractivity contribution in [3.8, 4) is 0 Å². The molecule has 7 atom stereocenters. The minimum absolute atomic E-state index is 0.00920. The summed E-state index contributed by atoms with van der Waals surface area (Å²) in [6.07, 6.45) is 20.7. The van der Waals surface area contributed by atoms with Gasteiger partial charge in [-0.15, -0.1) is 0 Å². The van der Waals surface area contributed by atoms with Crippen LogP contribution in [0.5, 0.6) is 0 Å². The molecule has 288 valence electrons. The van der Waals surface area contributed by atoms with Crippen LogP contribution >= 0.6 is 0 Å². The highest BCUT2D eigenvalue weighted by molar-refractivity contribution is 6.74. The van der Waals surface area contributed by atoms with Crippen molar-refractivity contribution in [1.82, 2.24) is 0 Å². The third kappa shape index (κ3) is 10.2. The normalized spacial score (nSPS) is 32.8. The van der Waals surface area contributed by atoms with Gasteiger partial charge in [-0.2, -0.15) is 0 Å². The fraction of sp³-hybridized carbons (Fsp3) is 0.864. The molecule has 1 saturated heterocycles. The summed E-state index contributed by atoms with van der Waals surface area (Å²) in [6.45, 7) is 38.9. The van der Waals surface area contributed by atoms with E-state index in [-0.39, 0.29) is 34.2 Å². The molecule has 0 amide bonds. The second kappa shape index (κ2) is 16.1. The zero-order valence-electron chi connectivity index (χ0n) is 35.4. The molecule has 4 fully saturated rings. The molecule has 0 aromatic rings. The van der Waals surface area contributed by atoms with E-state index in [0.717, 1.165) is 44.1 Å². The molecule has 4 aliphatic rings. The predicted octanol–water partition coefficient (Wildman–Crippen LogP) is 13.3. The van der Waals surface area contributed by atoms with Crippen molar-refractivity contribution in [3.05, 3.63) is 35.5 Å². The summed E-state index contributed by atoms with van der Waals surface area (Å²) in [5.74, 6) is 2.23. The highest BCUT2D eigenvalue weighted by atomic mass is 28.4. The lowest BCUT2D eigenvalue weighted by atomic mass is 9.60. The van der Waals surface area contributed by atoms with Crippen LogP contribution in [0, 0.1) is 23.2 Å².